The van der Waals surface area contributed by atoms with Gasteiger partial charge in [0, 0.05) is 12.7 Å². The number of nitrogens with zero attached hydrogens (tertiary/aromatic N) is 2. The van der Waals surface area contributed by atoms with Gasteiger partial charge in [-0.05, 0) is 31.6 Å². The number of pyridine rings is 1. The summed E-state index contributed by atoms with van der Waals surface area (Å²) in [5.41, 5.74) is 3.70. The molecule has 0 aliphatic carbocycles. The Hall–Kier alpha value is -1.17. The summed E-state index contributed by atoms with van der Waals surface area (Å²) in [6.07, 6.45) is 2.67. The lowest BCUT2D eigenvalue weighted by Gasteiger charge is -2.22. The standard InChI is InChI=1S/C13H24N4O/c1-4-17(5-2)10-8-11(16-14)13-12(18-3)7-6-9-15-13/h6-7,9,11,16H,4-5,8,10,14H2,1-3H3. The van der Waals surface area contributed by atoms with Crippen LogP contribution in [0.5, 0.6) is 5.75 Å². The van der Waals surface area contributed by atoms with Crippen molar-refractivity contribution in [1.82, 2.24) is 15.3 Å². The fourth-order valence-electron chi connectivity index (χ4n) is 1.99. The Morgan fingerprint density at radius 1 is 1.44 bits per heavy atom. The molecule has 1 aromatic heterocycles. The summed E-state index contributed by atoms with van der Waals surface area (Å²) in [4.78, 5) is 6.73. The Balaban J connectivity index is 2.70. The van der Waals surface area contributed by atoms with Crippen LogP contribution in [0.3, 0.4) is 0 Å². The number of nitrogens with two attached hydrogens (primary N) is 1. The fraction of sp³-hybridized carbons (Fsp3) is 0.615. The Labute approximate surface area is 109 Å². The number of methoxy groups -OCH3 is 1. The molecule has 5 heteroatoms. The predicted octanol–water partition coefficient (Wildman–Crippen LogP) is 1.33. The number of hydrazine groups is 1. The molecule has 0 saturated heterocycles. The second kappa shape index (κ2) is 8.02. The van der Waals surface area contributed by atoms with E-state index in [0.717, 1.165) is 37.5 Å². The second-order valence-corrected chi connectivity index (χ2v) is 4.13. The van der Waals surface area contributed by atoms with Crippen LogP contribution in [0.2, 0.25) is 0 Å². The zero-order chi connectivity index (χ0) is 13.4. The van der Waals surface area contributed by atoms with Crippen LogP contribution in [0, 0.1) is 0 Å². The molecule has 1 heterocycles. The van der Waals surface area contributed by atoms with Gasteiger partial charge in [0.25, 0.3) is 0 Å². The molecule has 0 radical (unpaired) electrons. The average molecular weight is 252 g/mol. The lowest BCUT2D eigenvalue weighted by molar-refractivity contribution is 0.279. The number of nitrogens with one attached hydrogen (secondary N) is 1. The third kappa shape index (κ3) is 3.94. The van der Waals surface area contributed by atoms with Gasteiger partial charge >= 0.3 is 0 Å². The predicted molar refractivity (Wildman–Crippen MR) is 73.3 cm³/mol. The van der Waals surface area contributed by atoms with Crippen molar-refractivity contribution < 1.29 is 4.74 Å². The molecule has 0 aliphatic heterocycles. The van der Waals surface area contributed by atoms with Gasteiger partial charge in [-0.2, -0.15) is 0 Å². The molecule has 0 spiro atoms. The molecule has 0 bridgehead atoms. The highest BCUT2D eigenvalue weighted by Crippen LogP contribution is 2.24. The Morgan fingerprint density at radius 2 is 2.17 bits per heavy atom. The summed E-state index contributed by atoms with van der Waals surface area (Å²) < 4.78 is 5.32. The summed E-state index contributed by atoms with van der Waals surface area (Å²) in [6.45, 7) is 7.41. The number of hydrogen-bond donors (Lipinski definition) is 2. The van der Waals surface area contributed by atoms with Crippen LogP contribution >= 0.6 is 0 Å². The largest absolute Gasteiger partial charge is 0.495 e. The van der Waals surface area contributed by atoms with Crippen molar-refractivity contribution >= 4 is 0 Å². The van der Waals surface area contributed by atoms with Gasteiger partial charge in [0.1, 0.15) is 11.4 Å². The lowest BCUT2D eigenvalue weighted by Crippen LogP contribution is -2.33. The van der Waals surface area contributed by atoms with Gasteiger partial charge in [-0.25, -0.2) is 0 Å². The highest BCUT2D eigenvalue weighted by Gasteiger charge is 2.16. The first-order valence-electron chi connectivity index (χ1n) is 6.44. The van der Waals surface area contributed by atoms with Crippen molar-refractivity contribution in [2.24, 2.45) is 5.84 Å². The maximum Gasteiger partial charge on any atom is 0.142 e. The molecular weight excluding hydrogens is 228 g/mol. The van der Waals surface area contributed by atoms with Gasteiger partial charge in [0.15, 0.2) is 0 Å². The van der Waals surface area contributed by atoms with E-state index in [0.29, 0.717) is 0 Å². The Morgan fingerprint density at radius 3 is 2.72 bits per heavy atom. The van der Waals surface area contributed by atoms with Gasteiger partial charge in [0.2, 0.25) is 0 Å². The average Bonchev–Trinajstić information content (AvgIpc) is 2.44. The molecule has 0 saturated carbocycles. The first-order valence-corrected chi connectivity index (χ1v) is 6.44. The van der Waals surface area contributed by atoms with Gasteiger partial charge in [0.05, 0.1) is 13.2 Å². The molecule has 3 N–H and O–H groups in total. The molecular formula is C13H24N4O. The molecule has 1 aromatic rings. The summed E-state index contributed by atoms with van der Waals surface area (Å²) in [5.74, 6) is 6.41. The SMILES string of the molecule is CCN(CC)CCC(NN)c1ncccc1OC. The highest BCUT2D eigenvalue weighted by atomic mass is 16.5. The molecule has 0 aliphatic rings. The summed E-state index contributed by atoms with van der Waals surface area (Å²) in [6, 6.07) is 3.78. The van der Waals surface area contributed by atoms with Gasteiger partial charge in [-0.1, -0.05) is 13.8 Å². The van der Waals surface area contributed by atoms with Crippen LogP contribution in [0.4, 0.5) is 0 Å². The quantitative estimate of drug-likeness (QED) is 0.540. The van der Waals surface area contributed by atoms with Gasteiger partial charge in [-0.3, -0.25) is 16.3 Å². The van der Waals surface area contributed by atoms with Crippen molar-refractivity contribution in [1.29, 1.82) is 0 Å². The van der Waals surface area contributed by atoms with Crippen LogP contribution in [0.1, 0.15) is 32.0 Å². The first-order chi connectivity index (χ1) is 8.76. The third-order valence-electron chi connectivity index (χ3n) is 3.18. The number of ether oxygens (including phenoxy) is 1. The normalized spacial score (nSPS) is 12.7. The molecule has 1 rings (SSSR count). The molecule has 0 fully saturated rings. The lowest BCUT2D eigenvalue weighted by atomic mass is 10.1. The highest BCUT2D eigenvalue weighted by molar-refractivity contribution is 5.29. The monoisotopic (exact) mass is 252 g/mol. The van der Waals surface area contributed by atoms with Crippen LogP contribution in [-0.4, -0.2) is 36.6 Å². The zero-order valence-electron chi connectivity index (χ0n) is 11.5. The molecule has 1 unspecified atom stereocenters. The van der Waals surface area contributed by atoms with E-state index < -0.39 is 0 Å². The van der Waals surface area contributed by atoms with E-state index >= 15 is 0 Å². The minimum absolute atomic E-state index is 0.0155. The van der Waals surface area contributed by atoms with Crippen molar-refractivity contribution in [2.45, 2.75) is 26.3 Å². The minimum Gasteiger partial charge on any atom is -0.495 e. The summed E-state index contributed by atoms with van der Waals surface area (Å²) >= 11 is 0. The van der Waals surface area contributed by atoms with Crippen LogP contribution < -0.4 is 16.0 Å². The van der Waals surface area contributed by atoms with Crippen molar-refractivity contribution in [3.63, 3.8) is 0 Å². The van der Waals surface area contributed by atoms with Gasteiger partial charge < -0.3 is 9.64 Å². The minimum atomic E-state index is 0.0155. The van der Waals surface area contributed by atoms with E-state index in [1.54, 1.807) is 13.3 Å². The number of hydrogen-bond acceptors (Lipinski definition) is 5. The van der Waals surface area contributed by atoms with Crippen molar-refractivity contribution in [3.05, 3.63) is 24.0 Å². The zero-order valence-corrected chi connectivity index (χ0v) is 11.5. The smallest absolute Gasteiger partial charge is 0.142 e. The van der Waals surface area contributed by atoms with Crippen LogP contribution in [-0.2, 0) is 0 Å². The van der Waals surface area contributed by atoms with Gasteiger partial charge in [-0.15, -0.1) is 0 Å². The summed E-state index contributed by atoms with van der Waals surface area (Å²) in [5, 5.41) is 0. The van der Waals surface area contributed by atoms with E-state index in [1.807, 2.05) is 12.1 Å². The van der Waals surface area contributed by atoms with Crippen molar-refractivity contribution in [2.75, 3.05) is 26.7 Å². The fourth-order valence-corrected chi connectivity index (χ4v) is 1.99. The Kier molecular flexibility index (Phi) is 6.64. The van der Waals surface area contributed by atoms with Crippen LogP contribution in [0.15, 0.2) is 18.3 Å². The molecule has 102 valence electrons. The van der Waals surface area contributed by atoms with Crippen molar-refractivity contribution in [3.8, 4) is 5.75 Å². The number of aromatic nitrogens is 1. The molecule has 0 aromatic carbocycles. The van der Waals surface area contributed by atoms with E-state index in [4.69, 9.17) is 10.6 Å². The molecule has 0 amide bonds. The Bertz CT molecular complexity index is 342. The third-order valence-corrected chi connectivity index (χ3v) is 3.18. The first kappa shape index (κ1) is 14.9. The second-order valence-electron chi connectivity index (χ2n) is 4.13. The maximum absolute atomic E-state index is 5.63. The summed E-state index contributed by atoms with van der Waals surface area (Å²) in [7, 11) is 1.65. The van der Waals surface area contributed by atoms with E-state index in [1.165, 1.54) is 0 Å². The molecule has 18 heavy (non-hydrogen) atoms. The molecule has 1 atom stereocenters. The van der Waals surface area contributed by atoms with E-state index in [9.17, 15) is 0 Å². The maximum atomic E-state index is 5.63. The van der Waals surface area contributed by atoms with E-state index in [2.05, 4.69) is 29.2 Å². The number of rotatable bonds is 8. The van der Waals surface area contributed by atoms with E-state index in [-0.39, 0.29) is 6.04 Å². The van der Waals surface area contributed by atoms with Crippen LogP contribution in [0.25, 0.3) is 0 Å². The molecule has 5 nitrogen and oxygen atoms in total. The topological polar surface area (TPSA) is 63.4 Å².